The first-order valence-corrected chi connectivity index (χ1v) is 20.9. The highest BCUT2D eigenvalue weighted by Crippen LogP contribution is 2.38. The van der Waals surface area contributed by atoms with Crippen molar-refractivity contribution in [2.45, 2.75) is 70.5 Å². The Labute approximate surface area is 384 Å². The Bertz CT molecular complexity index is 2330. The number of carboxylic acids is 2. The summed E-state index contributed by atoms with van der Waals surface area (Å²) in [5.41, 5.74) is 0.535. The number of carboxylic acid groups (broad SMARTS) is 2. The number of hydrogen-bond donors (Lipinski definition) is 2. The minimum atomic E-state index is -1.34. The molecule has 0 fully saturated rings. The van der Waals surface area contributed by atoms with Crippen LogP contribution in [-0.2, 0) is 63.7 Å². The molecule has 356 valence electrons. The number of thioether (sulfide) groups is 2. The second kappa shape index (κ2) is 24.9. The van der Waals surface area contributed by atoms with Crippen molar-refractivity contribution in [3.05, 3.63) is 118 Å². The summed E-state index contributed by atoms with van der Waals surface area (Å²) >= 11 is 1.15. The molecule has 23 heteroatoms. The van der Waals surface area contributed by atoms with E-state index in [-0.39, 0.29) is 47.6 Å². The van der Waals surface area contributed by atoms with Gasteiger partial charge in [0.15, 0.2) is 30.5 Å². The second-order valence-corrected chi connectivity index (χ2v) is 17.7. The number of carbonyl (C=O) groups excluding carboxylic acids is 6. The molecule has 66 heavy (non-hydrogen) atoms. The van der Waals surface area contributed by atoms with E-state index in [9.17, 15) is 53.4 Å². The average Bonchev–Trinajstić information content (AvgIpc) is 3.76. The van der Waals surface area contributed by atoms with Crippen molar-refractivity contribution in [1.82, 2.24) is 0 Å². The topological polar surface area (TPSA) is 294 Å². The zero-order valence-corrected chi connectivity index (χ0v) is 38.0. The summed E-state index contributed by atoms with van der Waals surface area (Å²) in [4.78, 5) is 107. The number of hydrogen-bond acceptors (Lipinski definition) is 21. The maximum atomic E-state index is 12.2. The number of esters is 4. The summed E-state index contributed by atoms with van der Waals surface area (Å²) in [6.45, 7) is 10.4. The number of aryl methyl sites for hydroxylation is 1. The monoisotopic (exact) mass is 962 g/mol. The molecule has 0 radical (unpaired) electrons. The van der Waals surface area contributed by atoms with Crippen LogP contribution in [0.2, 0.25) is 0 Å². The maximum absolute atomic E-state index is 12.2. The molecule has 2 atom stereocenters. The van der Waals surface area contributed by atoms with Crippen LogP contribution in [-0.4, -0.2) is 86.3 Å². The van der Waals surface area contributed by atoms with Crippen molar-refractivity contribution in [2.75, 3.05) is 20.2 Å². The summed E-state index contributed by atoms with van der Waals surface area (Å²) in [6, 6.07) is 16.1. The molecule has 0 amide bonds. The fourth-order valence-corrected chi connectivity index (χ4v) is 7.04. The Morgan fingerprint density at radius 2 is 1.08 bits per heavy atom. The normalized spacial score (nSPS) is 13.0. The Morgan fingerprint density at radius 1 is 0.621 bits per heavy atom. The fourth-order valence-electron chi connectivity index (χ4n) is 5.30. The lowest BCUT2D eigenvalue weighted by atomic mass is 9.92. The number of carbonyl (C=O) groups is 8. The van der Waals surface area contributed by atoms with E-state index in [1.54, 1.807) is 43.3 Å². The summed E-state index contributed by atoms with van der Waals surface area (Å²) in [5.74, 6) is -8.48. The minimum absolute atomic E-state index is 0.0211. The van der Waals surface area contributed by atoms with Gasteiger partial charge in [0.2, 0.25) is 13.6 Å². The number of benzene rings is 2. The average molecular weight is 963 g/mol. The first-order valence-electron chi connectivity index (χ1n) is 19.3. The van der Waals surface area contributed by atoms with Gasteiger partial charge in [-0.3, -0.25) is 19.2 Å². The molecule has 1 aromatic heterocycles. The van der Waals surface area contributed by atoms with Gasteiger partial charge in [0.1, 0.15) is 5.76 Å². The number of ether oxygens (including phenoxy) is 8. The number of aliphatic carboxylic acids is 2. The first-order chi connectivity index (χ1) is 31.0. The molecular formula is C43H46O21S2. The predicted octanol–water partition coefficient (Wildman–Crippen LogP) is 6.97. The van der Waals surface area contributed by atoms with Crippen LogP contribution in [0.1, 0.15) is 79.7 Å². The van der Waals surface area contributed by atoms with E-state index in [2.05, 4.69) is 11.0 Å². The molecule has 3 aromatic rings. The Kier molecular flexibility index (Phi) is 20.1. The summed E-state index contributed by atoms with van der Waals surface area (Å²) in [6.07, 6.45) is -1.11. The Morgan fingerprint density at radius 3 is 1.50 bits per heavy atom. The van der Waals surface area contributed by atoms with Crippen molar-refractivity contribution in [2.24, 2.45) is 11.8 Å². The fraction of sp³-hybridized carbons (Fsp3) is 0.372. The molecule has 1 aliphatic rings. The van der Waals surface area contributed by atoms with Crippen molar-refractivity contribution in [3.63, 3.8) is 0 Å². The van der Waals surface area contributed by atoms with Gasteiger partial charge in [-0.1, -0.05) is 36.4 Å². The van der Waals surface area contributed by atoms with Crippen molar-refractivity contribution in [1.29, 1.82) is 0 Å². The zero-order valence-electron chi connectivity index (χ0n) is 36.3. The van der Waals surface area contributed by atoms with E-state index >= 15 is 0 Å². The third kappa shape index (κ3) is 17.5. The molecule has 1 aliphatic heterocycles. The highest BCUT2D eigenvalue weighted by atomic mass is 32.2. The van der Waals surface area contributed by atoms with Gasteiger partial charge in [-0.15, -0.1) is 0 Å². The van der Waals surface area contributed by atoms with E-state index in [0.717, 1.165) is 0 Å². The van der Waals surface area contributed by atoms with Gasteiger partial charge in [0.05, 0.1) is 35.8 Å². The van der Waals surface area contributed by atoms with Crippen LogP contribution >= 0.6 is 23.5 Å². The van der Waals surface area contributed by atoms with Gasteiger partial charge in [0.25, 0.3) is 5.95 Å². The maximum Gasteiger partial charge on any atom is 0.519 e. The van der Waals surface area contributed by atoms with Gasteiger partial charge < -0.3 is 56.9 Å². The lowest BCUT2D eigenvalue weighted by Crippen LogP contribution is -2.37. The highest BCUT2D eigenvalue weighted by molar-refractivity contribution is 8.14. The van der Waals surface area contributed by atoms with Crippen LogP contribution in [0.4, 0.5) is 9.59 Å². The van der Waals surface area contributed by atoms with Crippen LogP contribution in [0.25, 0.3) is 0 Å². The predicted molar refractivity (Wildman–Crippen MR) is 228 cm³/mol. The molecule has 21 nitrogen and oxygen atoms in total. The van der Waals surface area contributed by atoms with Crippen molar-refractivity contribution in [3.8, 4) is 0 Å². The lowest BCUT2D eigenvalue weighted by Gasteiger charge is -2.28. The molecule has 0 saturated heterocycles. The van der Waals surface area contributed by atoms with Crippen LogP contribution < -0.4 is 5.82 Å². The molecule has 2 N–H and O–H groups in total. The van der Waals surface area contributed by atoms with E-state index in [0.29, 0.717) is 29.3 Å². The van der Waals surface area contributed by atoms with Gasteiger partial charge in [-0.2, -0.15) is 0 Å². The Balaban J connectivity index is 0.000000353. The Hall–Kier alpha value is -7.01. The van der Waals surface area contributed by atoms with Gasteiger partial charge in [-0.25, -0.2) is 24.0 Å². The second-order valence-electron chi connectivity index (χ2n) is 14.5. The van der Waals surface area contributed by atoms with Crippen LogP contribution in [0.15, 0.2) is 98.3 Å². The first kappa shape index (κ1) is 53.3. The van der Waals surface area contributed by atoms with E-state index in [1.807, 2.05) is 0 Å². The third-order valence-electron chi connectivity index (χ3n) is 8.92. The van der Waals surface area contributed by atoms with E-state index in [1.165, 1.54) is 58.9 Å². The largest absolute Gasteiger partial charge is 0.519 e. The molecule has 0 bridgehead atoms. The number of allylic oxidation sites excluding steroid dienone is 1. The lowest BCUT2D eigenvalue weighted by molar-refractivity contribution is -0.158. The molecule has 0 unspecified atom stereocenters. The van der Waals surface area contributed by atoms with Crippen molar-refractivity contribution >= 4 is 69.9 Å². The zero-order chi connectivity index (χ0) is 49.2. The van der Waals surface area contributed by atoms with Crippen LogP contribution in [0, 0.1) is 18.8 Å². The van der Waals surface area contributed by atoms with Crippen molar-refractivity contribution < 1.29 is 95.3 Å². The third-order valence-corrected chi connectivity index (χ3v) is 11.1. The van der Waals surface area contributed by atoms with E-state index < -0.39 is 100.0 Å². The molecule has 4 rings (SSSR count). The summed E-state index contributed by atoms with van der Waals surface area (Å²) in [7, 11) is 0. The molecule has 2 aromatic carbocycles. The van der Waals surface area contributed by atoms with Crippen LogP contribution in [0.3, 0.4) is 0 Å². The molecular weight excluding hydrogens is 917 g/mol. The van der Waals surface area contributed by atoms with Crippen LogP contribution in [0.5, 0.6) is 0 Å². The van der Waals surface area contributed by atoms with Gasteiger partial charge in [0, 0.05) is 9.49 Å². The van der Waals surface area contributed by atoms with E-state index in [4.69, 9.17) is 42.3 Å². The smallest absolute Gasteiger partial charge is 0.481 e. The summed E-state index contributed by atoms with van der Waals surface area (Å²) < 4.78 is 46.5. The molecule has 0 spiro atoms. The van der Waals surface area contributed by atoms with Gasteiger partial charge >= 0.3 is 52.2 Å². The summed E-state index contributed by atoms with van der Waals surface area (Å²) in [5, 5.41) is 17.5. The molecule has 0 saturated carbocycles. The SMILES string of the molecule is C=C1OC(C)=C(COC(=O)SC(C)(C)[C@@H](CC(=O)OCc2oc(=O)oc2C)C(=O)O)O1.CC(C)(SC(=O)OCOC(=O)c1ccccc1)[C@@H](CC(=O)OCOC(=O)c1ccccc1)C(=O)O. The standard InChI is InChI=1S/C24H24O10S.C19H22O11S/c1-24(2,35-23(30)34-15-33-22(29)17-11-7-4-8-12-17)18(20(26)27)13-19(25)31-14-32-21(28)16-9-5-3-6-10-16;1-9-13(29-11(3)27-9)8-26-18(24)31-19(4,5)12(16(21)22)6-15(20)25-7-14-10(2)28-17(23)30-14/h3-12,18H,13-15H2,1-2H3,(H,26,27);12H,3,6-8H2,1-2,4-5H3,(H,21,22)/t18-;12-/m00/s1. The van der Waals surface area contributed by atoms with Gasteiger partial charge in [-0.05, 0) is 95.9 Å². The highest BCUT2D eigenvalue weighted by Gasteiger charge is 2.42. The minimum Gasteiger partial charge on any atom is -0.481 e. The number of rotatable bonds is 20. The molecule has 0 aliphatic carbocycles. The molecule has 2 heterocycles. The quantitative estimate of drug-likeness (QED) is 0.0656.